The van der Waals surface area contributed by atoms with Gasteiger partial charge in [0, 0.05) is 15.9 Å². The summed E-state index contributed by atoms with van der Waals surface area (Å²) in [4.78, 5) is 18.8. The molecule has 0 saturated carbocycles. The van der Waals surface area contributed by atoms with Crippen LogP contribution in [0, 0.1) is 0 Å². The van der Waals surface area contributed by atoms with E-state index < -0.39 is 0 Å². The molecular formula is C20H24N2O3S. The summed E-state index contributed by atoms with van der Waals surface area (Å²) in [7, 11) is 3.24. The third-order valence-electron chi connectivity index (χ3n) is 4.38. The summed E-state index contributed by atoms with van der Waals surface area (Å²) in [6.07, 6.45) is 1.78. The van der Waals surface area contributed by atoms with Crippen LogP contribution in [0.2, 0.25) is 0 Å². The first kappa shape index (κ1) is 18.5. The van der Waals surface area contributed by atoms with Gasteiger partial charge < -0.3 is 9.47 Å². The number of fused-ring (bicyclic) bond motifs is 1. The van der Waals surface area contributed by atoms with Crippen LogP contribution in [0.15, 0.2) is 18.2 Å². The molecule has 0 saturated heterocycles. The van der Waals surface area contributed by atoms with Gasteiger partial charge in [-0.3, -0.25) is 9.20 Å². The van der Waals surface area contributed by atoms with E-state index >= 15 is 0 Å². The maximum Gasteiger partial charge on any atom is 0.195 e. The molecule has 0 spiro atoms. The number of aromatic nitrogens is 2. The van der Waals surface area contributed by atoms with Crippen molar-refractivity contribution in [3.8, 4) is 22.8 Å². The first-order valence-corrected chi connectivity index (χ1v) is 9.39. The second kappa shape index (κ2) is 6.76. The average molecular weight is 372 g/mol. The smallest absolute Gasteiger partial charge is 0.195 e. The molecule has 2 heterocycles. The molecule has 2 aromatic heterocycles. The standard InChI is InChI=1S/C20H24N2O3S/c1-7-16-17(12-8-9-14(24-5)15(10-12)25-6)22-13(11-23)18(20(2,3)4)21-19(22)26-16/h8-11H,7H2,1-6H3. The van der Waals surface area contributed by atoms with Crippen molar-refractivity contribution in [2.24, 2.45) is 0 Å². The van der Waals surface area contributed by atoms with Gasteiger partial charge in [0.2, 0.25) is 0 Å². The van der Waals surface area contributed by atoms with Crippen LogP contribution < -0.4 is 9.47 Å². The van der Waals surface area contributed by atoms with Gasteiger partial charge in [0.25, 0.3) is 0 Å². The molecule has 3 aromatic rings. The summed E-state index contributed by atoms with van der Waals surface area (Å²) < 4.78 is 12.8. The van der Waals surface area contributed by atoms with Crippen LogP contribution in [0.5, 0.6) is 11.5 Å². The molecule has 0 radical (unpaired) electrons. The van der Waals surface area contributed by atoms with E-state index in [2.05, 4.69) is 27.7 Å². The molecule has 0 amide bonds. The monoisotopic (exact) mass is 372 g/mol. The van der Waals surface area contributed by atoms with Crippen molar-refractivity contribution in [1.29, 1.82) is 0 Å². The second-order valence-electron chi connectivity index (χ2n) is 7.13. The van der Waals surface area contributed by atoms with E-state index in [1.807, 2.05) is 22.6 Å². The zero-order valence-corrected chi connectivity index (χ0v) is 16.9. The molecule has 138 valence electrons. The zero-order valence-electron chi connectivity index (χ0n) is 16.0. The predicted octanol–water partition coefficient (Wildman–Crippen LogP) is 4.75. The Hall–Kier alpha value is -2.34. The summed E-state index contributed by atoms with van der Waals surface area (Å²) >= 11 is 1.63. The van der Waals surface area contributed by atoms with E-state index in [0.29, 0.717) is 17.2 Å². The molecule has 0 atom stereocenters. The van der Waals surface area contributed by atoms with Crippen LogP contribution >= 0.6 is 11.3 Å². The minimum atomic E-state index is -0.205. The lowest BCUT2D eigenvalue weighted by atomic mass is 9.91. The minimum Gasteiger partial charge on any atom is -0.493 e. The van der Waals surface area contributed by atoms with Crippen LogP contribution in [-0.4, -0.2) is 29.9 Å². The third-order valence-corrected chi connectivity index (χ3v) is 5.57. The largest absolute Gasteiger partial charge is 0.493 e. The topological polar surface area (TPSA) is 52.8 Å². The van der Waals surface area contributed by atoms with E-state index in [0.717, 1.165) is 34.6 Å². The Morgan fingerprint density at radius 3 is 2.42 bits per heavy atom. The van der Waals surface area contributed by atoms with E-state index in [1.165, 1.54) is 4.88 Å². The second-order valence-corrected chi connectivity index (χ2v) is 8.19. The van der Waals surface area contributed by atoms with Gasteiger partial charge in [0.15, 0.2) is 22.7 Å². The fraction of sp³-hybridized carbons (Fsp3) is 0.400. The summed E-state index contributed by atoms with van der Waals surface area (Å²) in [5, 5.41) is 0. The lowest BCUT2D eigenvalue weighted by Crippen LogP contribution is -2.15. The van der Waals surface area contributed by atoms with Crippen LogP contribution in [0.3, 0.4) is 0 Å². The van der Waals surface area contributed by atoms with Crippen LogP contribution in [0.4, 0.5) is 0 Å². The number of benzene rings is 1. The molecule has 0 N–H and O–H groups in total. The van der Waals surface area contributed by atoms with Crippen molar-refractivity contribution in [3.63, 3.8) is 0 Å². The average Bonchev–Trinajstić information content (AvgIpc) is 3.16. The normalized spacial score (nSPS) is 11.8. The van der Waals surface area contributed by atoms with Crippen molar-refractivity contribution >= 4 is 22.6 Å². The van der Waals surface area contributed by atoms with E-state index in [-0.39, 0.29) is 5.41 Å². The summed E-state index contributed by atoms with van der Waals surface area (Å²) in [6.45, 7) is 8.33. The number of ether oxygens (including phenoxy) is 2. The Bertz CT molecular complexity index is 964. The van der Waals surface area contributed by atoms with E-state index in [1.54, 1.807) is 25.6 Å². The number of hydrogen-bond donors (Lipinski definition) is 0. The lowest BCUT2D eigenvalue weighted by molar-refractivity contribution is 0.111. The van der Waals surface area contributed by atoms with Gasteiger partial charge in [0.05, 0.1) is 25.6 Å². The van der Waals surface area contributed by atoms with Crippen LogP contribution in [0.25, 0.3) is 16.2 Å². The first-order valence-electron chi connectivity index (χ1n) is 8.57. The van der Waals surface area contributed by atoms with E-state index in [9.17, 15) is 4.79 Å². The number of thiazole rings is 1. The molecule has 0 aliphatic rings. The number of carbonyl (C=O) groups excluding carboxylic acids is 1. The number of aldehydes is 1. The number of imidazole rings is 1. The van der Waals surface area contributed by atoms with Gasteiger partial charge in [-0.2, -0.15) is 0 Å². The van der Waals surface area contributed by atoms with Crippen molar-refractivity contribution < 1.29 is 14.3 Å². The molecule has 26 heavy (non-hydrogen) atoms. The molecule has 0 bridgehead atoms. The minimum absolute atomic E-state index is 0.205. The highest BCUT2D eigenvalue weighted by Crippen LogP contribution is 2.39. The molecule has 1 aromatic carbocycles. The number of nitrogens with zero attached hydrogens (tertiary/aromatic N) is 2. The molecule has 5 nitrogen and oxygen atoms in total. The molecule has 0 unspecified atom stereocenters. The lowest BCUT2D eigenvalue weighted by Gasteiger charge is -2.16. The van der Waals surface area contributed by atoms with Gasteiger partial charge in [-0.25, -0.2) is 4.98 Å². The number of rotatable bonds is 5. The van der Waals surface area contributed by atoms with Crippen molar-refractivity contribution in [3.05, 3.63) is 34.5 Å². The Morgan fingerprint density at radius 2 is 1.88 bits per heavy atom. The van der Waals surface area contributed by atoms with Crippen LogP contribution in [-0.2, 0) is 11.8 Å². The van der Waals surface area contributed by atoms with E-state index in [4.69, 9.17) is 14.5 Å². The number of aryl methyl sites for hydroxylation is 1. The van der Waals surface area contributed by atoms with Gasteiger partial charge in [-0.05, 0) is 24.6 Å². The highest BCUT2D eigenvalue weighted by molar-refractivity contribution is 7.17. The first-order chi connectivity index (χ1) is 12.3. The van der Waals surface area contributed by atoms with Crippen LogP contribution in [0.1, 0.15) is 48.8 Å². The fourth-order valence-electron chi connectivity index (χ4n) is 3.15. The molecule has 6 heteroatoms. The zero-order chi connectivity index (χ0) is 19.1. The third kappa shape index (κ3) is 2.88. The molecule has 3 rings (SSSR count). The van der Waals surface area contributed by atoms with Gasteiger partial charge in [-0.1, -0.05) is 27.7 Å². The Morgan fingerprint density at radius 1 is 1.19 bits per heavy atom. The SMILES string of the molecule is CCc1sc2nc(C(C)(C)C)c(C=O)n2c1-c1ccc(OC)c(OC)c1. The Labute approximate surface area is 157 Å². The van der Waals surface area contributed by atoms with Crippen molar-refractivity contribution in [2.45, 2.75) is 39.5 Å². The fourth-order valence-corrected chi connectivity index (χ4v) is 4.24. The summed E-state index contributed by atoms with van der Waals surface area (Å²) in [5.74, 6) is 1.34. The number of carbonyl (C=O) groups is 1. The van der Waals surface area contributed by atoms with Gasteiger partial charge in [-0.15, -0.1) is 11.3 Å². The Kier molecular flexibility index (Phi) is 4.80. The van der Waals surface area contributed by atoms with Gasteiger partial charge in [0.1, 0.15) is 5.69 Å². The Balaban J connectivity index is 2.34. The maximum atomic E-state index is 12.0. The number of hydrogen-bond acceptors (Lipinski definition) is 5. The summed E-state index contributed by atoms with van der Waals surface area (Å²) in [6, 6.07) is 5.83. The predicted molar refractivity (Wildman–Crippen MR) is 105 cm³/mol. The molecule has 0 aliphatic carbocycles. The molecule has 0 aliphatic heterocycles. The van der Waals surface area contributed by atoms with Crippen molar-refractivity contribution in [2.75, 3.05) is 14.2 Å². The highest BCUT2D eigenvalue weighted by Gasteiger charge is 2.27. The van der Waals surface area contributed by atoms with Crippen molar-refractivity contribution in [1.82, 2.24) is 9.38 Å². The quantitative estimate of drug-likeness (QED) is 0.606. The molecular weight excluding hydrogens is 348 g/mol. The summed E-state index contributed by atoms with van der Waals surface area (Å²) in [5.41, 5.74) is 3.21. The highest BCUT2D eigenvalue weighted by atomic mass is 32.1. The van der Waals surface area contributed by atoms with Gasteiger partial charge >= 0.3 is 0 Å². The molecule has 0 fully saturated rings. The number of methoxy groups -OCH3 is 2. The maximum absolute atomic E-state index is 12.0.